The summed E-state index contributed by atoms with van der Waals surface area (Å²) >= 11 is 0. The van der Waals surface area contributed by atoms with Crippen LogP contribution in [0.5, 0.6) is 0 Å². The fourth-order valence-electron chi connectivity index (χ4n) is 1.50. The predicted octanol–water partition coefficient (Wildman–Crippen LogP) is 0.555. The van der Waals surface area contributed by atoms with Crippen molar-refractivity contribution >= 4 is 5.97 Å². The van der Waals surface area contributed by atoms with E-state index in [0.717, 1.165) is 12.8 Å². The Bertz CT molecular complexity index is 367. The van der Waals surface area contributed by atoms with E-state index in [1.807, 2.05) is 6.92 Å². The monoisotopic (exact) mass is 257 g/mol. The van der Waals surface area contributed by atoms with E-state index in [1.165, 1.54) is 0 Å². The molecule has 7 nitrogen and oxygen atoms in total. The summed E-state index contributed by atoms with van der Waals surface area (Å²) in [6.07, 6.45) is 1.71. The molecular formula is C11H19N3O4. The molecule has 0 aliphatic carbocycles. The van der Waals surface area contributed by atoms with Crippen LogP contribution in [0.1, 0.15) is 25.1 Å². The van der Waals surface area contributed by atoms with Crippen LogP contribution in [0.3, 0.4) is 0 Å². The molecule has 1 heterocycles. The zero-order valence-electron chi connectivity index (χ0n) is 10.8. The second kappa shape index (κ2) is 7.78. The number of ether oxygens (including phenoxy) is 1. The topological polar surface area (TPSA) is 88.7 Å². The van der Waals surface area contributed by atoms with Gasteiger partial charge in [0.2, 0.25) is 5.89 Å². The summed E-state index contributed by atoms with van der Waals surface area (Å²) in [6, 6.07) is 0. The van der Waals surface area contributed by atoms with E-state index in [-0.39, 0.29) is 6.54 Å². The van der Waals surface area contributed by atoms with E-state index in [9.17, 15) is 4.79 Å². The molecule has 0 amide bonds. The van der Waals surface area contributed by atoms with E-state index in [0.29, 0.717) is 31.4 Å². The minimum Gasteiger partial charge on any atom is -0.480 e. The van der Waals surface area contributed by atoms with Gasteiger partial charge >= 0.3 is 5.97 Å². The van der Waals surface area contributed by atoms with Gasteiger partial charge in [0.05, 0.1) is 19.7 Å². The van der Waals surface area contributed by atoms with Gasteiger partial charge in [0.25, 0.3) is 0 Å². The van der Waals surface area contributed by atoms with Crippen molar-refractivity contribution in [3.8, 4) is 0 Å². The van der Waals surface area contributed by atoms with Crippen LogP contribution in [0.25, 0.3) is 0 Å². The molecular weight excluding hydrogens is 238 g/mol. The second-order valence-corrected chi connectivity index (χ2v) is 3.95. The van der Waals surface area contributed by atoms with Gasteiger partial charge < -0.3 is 14.4 Å². The van der Waals surface area contributed by atoms with E-state index in [1.54, 1.807) is 12.0 Å². The molecule has 0 aliphatic heterocycles. The number of carbonyl (C=O) groups is 1. The average Bonchev–Trinajstić information content (AvgIpc) is 2.73. The Balaban J connectivity index is 2.54. The highest BCUT2D eigenvalue weighted by atomic mass is 16.5. The van der Waals surface area contributed by atoms with Crippen molar-refractivity contribution in [1.29, 1.82) is 0 Å². The minimum absolute atomic E-state index is 0.0746. The number of rotatable bonds is 9. The van der Waals surface area contributed by atoms with Crippen molar-refractivity contribution in [2.24, 2.45) is 0 Å². The van der Waals surface area contributed by atoms with Gasteiger partial charge in [-0.25, -0.2) is 0 Å². The molecule has 0 saturated carbocycles. The Labute approximate surface area is 106 Å². The molecule has 0 bridgehead atoms. The lowest BCUT2D eigenvalue weighted by Crippen LogP contribution is -2.32. The number of carboxylic acids is 1. The van der Waals surface area contributed by atoms with Crippen molar-refractivity contribution in [2.75, 3.05) is 26.8 Å². The van der Waals surface area contributed by atoms with Gasteiger partial charge in [-0.05, 0) is 6.42 Å². The van der Waals surface area contributed by atoms with Crippen molar-refractivity contribution in [3.63, 3.8) is 0 Å². The second-order valence-electron chi connectivity index (χ2n) is 3.95. The van der Waals surface area contributed by atoms with E-state index < -0.39 is 5.97 Å². The highest BCUT2D eigenvalue weighted by molar-refractivity contribution is 5.69. The molecule has 0 atom stereocenters. The van der Waals surface area contributed by atoms with E-state index in [2.05, 4.69) is 10.1 Å². The summed E-state index contributed by atoms with van der Waals surface area (Å²) in [5.74, 6) is 0.213. The van der Waals surface area contributed by atoms with Gasteiger partial charge in [-0.2, -0.15) is 4.98 Å². The maximum absolute atomic E-state index is 10.7. The Morgan fingerprint density at radius 3 is 2.94 bits per heavy atom. The Kier molecular flexibility index (Phi) is 6.31. The Morgan fingerprint density at radius 2 is 2.33 bits per heavy atom. The van der Waals surface area contributed by atoms with Crippen LogP contribution in [0.15, 0.2) is 4.52 Å². The molecule has 0 aliphatic rings. The third-order valence-electron chi connectivity index (χ3n) is 2.31. The van der Waals surface area contributed by atoms with Crippen LogP contribution in [-0.4, -0.2) is 52.9 Å². The molecule has 0 unspecified atom stereocenters. The zero-order valence-corrected chi connectivity index (χ0v) is 10.8. The van der Waals surface area contributed by atoms with Gasteiger partial charge in [0, 0.05) is 20.1 Å². The van der Waals surface area contributed by atoms with Crippen LogP contribution in [0.2, 0.25) is 0 Å². The average molecular weight is 257 g/mol. The standard InChI is InChI=1S/C11H19N3O4/c1-3-4-9-12-10(18-13-9)7-14(5-6-17-2)8-11(15)16/h3-8H2,1-2H3,(H,15,16). The highest BCUT2D eigenvalue weighted by Gasteiger charge is 2.14. The van der Waals surface area contributed by atoms with Gasteiger partial charge in [-0.3, -0.25) is 9.69 Å². The molecule has 1 rings (SSSR count). The summed E-state index contributed by atoms with van der Waals surface area (Å²) in [6.45, 7) is 3.25. The van der Waals surface area contributed by atoms with Crippen molar-refractivity contribution in [3.05, 3.63) is 11.7 Å². The Morgan fingerprint density at radius 1 is 1.56 bits per heavy atom. The summed E-state index contributed by atoms with van der Waals surface area (Å²) in [5.41, 5.74) is 0. The number of nitrogens with zero attached hydrogens (tertiary/aromatic N) is 3. The van der Waals surface area contributed by atoms with Gasteiger partial charge in [0.1, 0.15) is 0 Å². The van der Waals surface area contributed by atoms with Crippen molar-refractivity contribution < 1.29 is 19.2 Å². The molecule has 0 fully saturated rings. The number of aryl methyl sites for hydroxylation is 1. The van der Waals surface area contributed by atoms with E-state index >= 15 is 0 Å². The lowest BCUT2D eigenvalue weighted by Gasteiger charge is -2.17. The Hall–Kier alpha value is -1.47. The quantitative estimate of drug-likeness (QED) is 0.691. The van der Waals surface area contributed by atoms with Crippen LogP contribution < -0.4 is 0 Å². The molecule has 0 aromatic carbocycles. The first kappa shape index (κ1) is 14.6. The highest BCUT2D eigenvalue weighted by Crippen LogP contribution is 2.04. The van der Waals surface area contributed by atoms with Gasteiger partial charge in [-0.15, -0.1) is 0 Å². The number of aromatic nitrogens is 2. The fraction of sp³-hybridized carbons (Fsp3) is 0.727. The molecule has 18 heavy (non-hydrogen) atoms. The number of hydrogen-bond donors (Lipinski definition) is 1. The first-order valence-electron chi connectivity index (χ1n) is 5.90. The SMILES string of the molecule is CCCc1noc(CN(CCOC)CC(=O)O)n1. The van der Waals surface area contributed by atoms with Crippen LogP contribution in [-0.2, 0) is 22.5 Å². The molecule has 1 aromatic heterocycles. The maximum atomic E-state index is 10.7. The first-order chi connectivity index (χ1) is 8.65. The van der Waals surface area contributed by atoms with Crippen LogP contribution in [0, 0.1) is 0 Å². The number of hydrogen-bond acceptors (Lipinski definition) is 6. The van der Waals surface area contributed by atoms with Crippen LogP contribution >= 0.6 is 0 Å². The number of aliphatic carboxylic acids is 1. The summed E-state index contributed by atoms with van der Waals surface area (Å²) < 4.78 is 10.0. The minimum atomic E-state index is -0.889. The first-order valence-corrected chi connectivity index (χ1v) is 5.90. The van der Waals surface area contributed by atoms with Gasteiger partial charge in [0.15, 0.2) is 5.82 Å². The lowest BCUT2D eigenvalue weighted by atomic mass is 10.3. The zero-order chi connectivity index (χ0) is 13.4. The summed E-state index contributed by atoms with van der Waals surface area (Å²) in [4.78, 5) is 16.6. The smallest absolute Gasteiger partial charge is 0.317 e. The molecule has 1 N–H and O–H groups in total. The van der Waals surface area contributed by atoms with Crippen LogP contribution in [0.4, 0.5) is 0 Å². The number of carboxylic acid groups (broad SMARTS) is 1. The van der Waals surface area contributed by atoms with E-state index in [4.69, 9.17) is 14.4 Å². The molecule has 0 radical (unpaired) electrons. The van der Waals surface area contributed by atoms with Crippen molar-refractivity contribution in [1.82, 2.24) is 15.0 Å². The molecule has 0 spiro atoms. The maximum Gasteiger partial charge on any atom is 0.317 e. The lowest BCUT2D eigenvalue weighted by molar-refractivity contribution is -0.138. The molecule has 7 heteroatoms. The summed E-state index contributed by atoms with van der Waals surface area (Å²) in [7, 11) is 1.57. The third-order valence-corrected chi connectivity index (χ3v) is 2.31. The molecule has 102 valence electrons. The third kappa shape index (κ3) is 5.24. The fourth-order valence-corrected chi connectivity index (χ4v) is 1.50. The molecule has 0 saturated heterocycles. The largest absolute Gasteiger partial charge is 0.480 e. The normalized spacial score (nSPS) is 11.1. The molecule has 1 aromatic rings. The van der Waals surface area contributed by atoms with Crippen molar-refractivity contribution in [2.45, 2.75) is 26.3 Å². The summed E-state index contributed by atoms with van der Waals surface area (Å²) in [5, 5.41) is 12.6. The predicted molar refractivity (Wildman–Crippen MR) is 63.1 cm³/mol. The number of methoxy groups -OCH3 is 1. The van der Waals surface area contributed by atoms with Gasteiger partial charge in [-0.1, -0.05) is 12.1 Å².